The molecule has 3 aliphatic carbocycles. The predicted octanol–water partition coefficient (Wildman–Crippen LogP) is 3.36. The first-order valence-corrected chi connectivity index (χ1v) is 7.85. The van der Waals surface area contributed by atoms with E-state index in [9.17, 15) is 10.1 Å². The Labute approximate surface area is 127 Å². The lowest BCUT2D eigenvalue weighted by atomic mass is 9.76. The molecular weight excluding hydrogens is 280 g/mol. The van der Waals surface area contributed by atoms with Crippen molar-refractivity contribution in [3.05, 3.63) is 46.5 Å². The fraction of sp³-hybridized carbons (Fsp3) is 0.500. The molecule has 1 aromatic rings. The Morgan fingerprint density at radius 3 is 2.77 bits per heavy atom. The quantitative estimate of drug-likeness (QED) is 0.477. The molecule has 6 heteroatoms. The van der Waals surface area contributed by atoms with Gasteiger partial charge in [0.25, 0.3) is 5.69 Å². The van der Waals surface area contributed by atoms with Crippen molar-refractivity contribution in [2.24, 2.45) is 34.0 Å². The maximum atomic E-state index is 10.8. The minimum Gasteiger partial charge on any atom is -0.258 e. The summed E-state index contributed by atoms with van der Waals surface area (Å²) in [6.07, 6.45) is 7.15. The molecule has 2 fully saturated rings. The Hall–Kier alpha value is -2.24. The van der Waals surface area contributed by atoms with Crippen LogP contribution in [-0.4, -0.2) is 17.0 Å². The van der Waals surface area contributed by atoms with Gasteiger partial charge in [-0.1, -0.05) is 17.4 Å². The first-order valence-electron chi connectivity index (χ1n) is 7.85. The third-order valence-corrected chi connectivity index (χ3v) is 5.97. The molecule has 5 rings (SSSR count). The Morgan fingerprint density at radius 1 is 1.18 bits per heavy atom. The zero-order valence-electron chi connectivity index (χ0n) is 11.9. The lowest BCUT2D eigenvalue weighted by Crippen LogP contribution is -2.44. The molecule has 6 atom stereocenters. The van der Waals surface area contributed by atoms with Crippen LogP contribution in [0.2, 0.25) is 0 Å². The molecule has 2 bridgehead atoms. The summed E-state index contributed by atoms with van der Waals surface area (Å²) < 4.78 is 0. The molecule has 1 aliphatic heterocycles. The number of hydrogen-bond acceptors (Lipinski definition) is 5. The summed E-state index contributed by atoms with van der Waals surface area (Å²) in [6.45, 7) is 0. The fourth-order valence-corrected chi connectivity index (χ4v) is 5.13. The average molecular weight is 296 g/mol. The molecule has 0 N–H and O–H groups in total. The number of fused-ring (bicyclic) bond motifs is 8. The normalized spacial score (nSPS) is 40.3. The van der Waals surface area contributed by atoms with Crippen molar-refractivity contribution >= 4 is 11.4 Å². The molecule has 2 saturated carbocycles. The summed E-state index contributed by atoms with van der Waals surface area (Å²) in [5, 5.41) is 21.7. The molecule has 0 amide bonds. The maximum Gasteiger partial charge on any atom is 0.269 e. The number of nitro groups is 1. The van der Waals surface area contributed by atoms with Gasteiger partial charge in [0.15, 0.2) is 0 Å². The first kappa shape index (κ1) is 12.3. The van der Waals surface area contributed by atoms with E-state index in [1.54, 1.807) is 24.3 Å². The van der Waals surface area contributed by atoms with Gasteiger partial charge in [-0.25, -0.2) is 5.01 Å². The third-order valence-electron chi connectivity index (χ3n) is 5.97. The van der Waals surface area contributed by atoms with E-state index >= 15 is 0 Å². The highest BCUT2D eigenvalue weighted by atomic mass is 16.6. The molecule has 6 nitrogen and oxygen atoms in total. The van der Waals surface area contributed by atoms with Gasteiger partial charge in [-0.15, -0.1) is 0 Å². The summed E-state index contributed by atoms with van der Waals surface area (Å²) in [4.78, 5) is 10.4. The predicted molar refractivity (Wildman–Crippen MR) is 80.3 cm³/mol. The van der Waals surface area contributed by atoms with E-state index in [0.717, 1.165) is 11.6 Å². The van der Waals surface area contributed by atoms with Crippen LogP contribution in [0.15, 0.2) is 46.8 Å². The van der Waals surface area contributed by atoms with Gasteiger partial charge in [-0.05, 0) is 48.6 Å². The Morgan fingerprint density at radius 2 is 2.00 bits per heavy atom. The van der Waals surface area contributed by atoms with Crippen molar-refractivity contribution in [2.75, 3.05) is 5.01 Å². The monoisotopic (exact) mass is 296 g/mol. The zero-order chi connectivity index (χ0) is 14.8. The molecular formula is C16H16N4O2. The van der Waals surface area contributed by atoms with Gasteiger partial charge in [0.05, 0.1) is 22.7 Å². The van der Waals surface area contributed by atoms with Crippen LogP contribution in [0.3, 0.4) is 0 Å². The van der Waals surface area contributed by atoms with Crippen LogP contribution in [0.5, 0.6) is 0 Å². The van der Waals surface area contributed by atoms with Gasteiger partial charge in [0.2, 0.25) is 0 Å². The molecule has 0 saturated heterocycles. The van der Waals surface area contributed by atoms with E-state index in [1.807, 2.05) is 5.01 Å². The van der Waals surface area contributed by atoms with Gasteiger partial charge >= 0.3 is 0 Å². The molecule has 112 valence electrons. The van der Waals surface area contributed by atoms with Crippen LogP contribution in [0, 0.1) is 33.8 Å². The van der Waals surface area contributed by atoms with Crippen LogP contribution in [-0.2, 0) is 0 Å². The van der Waals surface area contributed by atoms with E-state index < -0.39 is 0 Å². The van der Waals surface area contributed by atoms with Crippen molar-refractivity contribution in [1.82, 2.24) is 0 Å². The van der Waals surface area contributed by atoms with E-state index in [0.29, 0.717) is 29.8 Å². The van der Waals surface area contributed by atoms with E-state index in [2.05, 4.69) is 22.5 Å². The summed E-state index contributed by atoms with van der Waals surface area (Å²) in [6, 6.07) is 7.30. The number of non-ortho nitro benzene ring substituents is 1. The molecule has 1 heterocycles. The summed E-state index contributed by atoms with van der Waals surface area (Å²) in [5.41, 5.74) is 1.02. The lowest BCUT2D eigenvalue weighted by Gasteiger charge is -2.35. The minimum absolute atomic E-state index is 0.114. The summed E-state index contributed by atoms with van der Waals surface area (Å²) in [5.74, 6) is 2.71. The van der Waals surface area contributed by atoms with Crippen LogP contribution >= 0.6 is 0 Å². The highest BCUT2D eigenvalue weighted by Gasteiger charge is 2.61. The van der Waals surface area contributed by atoms with E-state index in [-0.39, 0.29) is 10.6 Å². The first-order chi connectivity index (χ1) is 10.7. The van der Waals surface area contributed by atoms with Crippen LogP contribution < -0.4 is 5.01 Å². The molecule has 1 aromatic carbocycles. The van der Waals surface area contributed by atoms with Gasteiger partial charge in [-0.3, -0.25) is 10.1 Å². The largest absolute Gasteiger partial charge is 0.269 e. The number of nitro benzene ring substituents is 1. The second kappa shape index (κ2) is 4.15. The lowest BCUT2D eigenvalue weighted by molar-refractivity contribution is -0.384. The number of allylic oxidation sites excluding steroid dienone is 2. The highest BCUT2D eigenvalue weighted by molar-refractivity contribution is 5.52. The fourth-order valence-electron chi connectivity index (χ4n) is 5.13. The molecule has 0 spiro atoms. The summed E-state index contributed by atoms with van der Waals surface area (Å²) >= 11 is 0. The average Bonchev–Trinajstić information content (AvgIpc) is 3.25. The Kier molecular flexibility index (Phi) is 2.32. The van der Waals surface area contributed by atoms with Crippen LogP contribution in [0.4, 0.5) is 11.4 Å². The zero-order valence-corrected chi connectivity index (χ0v) is 11.9. The third kappa shape index (κ3) is 1.44. The smallest absolute Gasteiger partial charge is 0.258 e. The maximum absolute atomic E-state index is 10.8. The number of benzene rings is 1. The topological polar surface area (TPSA) is 71.1 Å². The van der Waals surface area contributed by atoms with Crippen molar-refractivity contribution in [3.8, 4) is 0 Å². The SMILES string of the molecule is O=[N+]([O-])c1ccc(N2N=N[C@H]3[C@H]4C[C@H]([C@H]5C=CC[C@@H]54)[C@@H]32)cc1. The molecule has 0 unspecified atom stereocenters. The molecule has 22 heavy (non-hydrogen) atoms. The van der Waals surface area contributed by atoms with Gasteiger partial charge in [0.1, 0.15) is 0 Å². The standard InChI is InChI=1S/C16H16N4O2/c21-20(22)10-6-4-9(5-7-10)19-16-14-8-13(15(16)17-18-19)11-2-1-3-12(11)14/h1,3-7,11-16H,2,8H2/t11-,12-,13-,14+,15-,16-/m0/s1. The highest BCUT2D eigenvalue weighted by Crippen LogP contribution is 2.60. The molecule has 4 aliphatic rings. The van der Waals surface area contributed by atoms with Gasteiger partial charge in [-0.2, -0.15) is 5.11 Å². The minimum atomic E-state index is -0.371. The molecule has 0 radical (unpaired) electrons. The molecule has 0 aromatic heterocycles. The number of hydrogen-bond donors (Lipinski definition) is 0. The second-order valence-corrected chi connectivity index (χ2v) is 6.77. The van der Waals surface area contributed by atoms with Crippen molar-refractivity contribution in [1.29, 1.82) is 0 Å². The number of rotatable bonds is 2. The van der Waals surface area contributed by atoms with Crippen molar-refractivity contribution < 1.29 is 4.92 Å². The second-order valence-electron chi connectivity index (χ2n) is 6.77. The summed E-state index contributed by atoms with van der Waals surface area (Å²) in [7, 11) is 0. The van der Waals surface area contributed by atoms with Crippen molar-refractivity contribution in [3.63, 3.8) is 0 Å². The van der Waals surface area contributed by atoms with E-state index in [4.69, 9.17) is 0 Å². The van der Waals surface area contributed by atoms with E-state index in [1.165, 1.54) is 12.8 Å². The number of anilines is 1. The van der Waals surface area contributed by atoms with Crippen LogP contribution in [0.25, 0.3) is 0 Å². The van der Waals surface area contributed by atoms with Crippen LogP contribution in [0.1, 0.15) is 12.8 Å². The number of nitrogens with zero attached hydrogens (tertiary/aromatic N) is 4. The van der Waals surface area contributed by atoms with Gasteiger partial charge < -0.3 is 0 Å². The van der Waals surface area contributed by atoms with Crippen molar-refractivity contribution in [2.45, 2.75) is 24.9 Å². The Balaban J connectivity index is 1.46. The van der Waals surface area contributed by atoms with Gasteiger partial charge in [0, 0.05) is 12.1 Å². The Bertz CT molecular complexity index is 699.